The minimum absolute atomic E-state index is 0.0941. The number of aliphatic hydroxyl groups excluding tert-OH is 1. The molecule has 0 bridgehead atoms. The molecule has 0 fully saturated rings. The number of esters is 2. The molecule has 0 saturated carbocycles. The van der Waals surface area contributed by atoms with Crippen LogP contribution in [0.15, 0.2) is 60.8 Å². The molecule has 0 aliphatic rings. The first-order valence-electron chi connectivity index (χ1n) is 19.3. The Kier molecular flexibility index (Phi) is 36.1. The van der Waals surface area contributed by atoms with Gasteiger partial charge in [0.1, 0.15) is 6.61 Å². The fourth-order valence-corrected chi connectivity index (χ4v) is 5.07. The van der Waals surface area contributed by atoms with Crippen molar-refractivity contribution in [3.63, 3.8) is 0 Å². The van der Waals surface area contributed by atoms with E-state index in [0.29, 0.717) is 12.8 Å². The van der Waals surface area contributed by atoms with Crippen LogP contribution in [0.3, 0.4) is 0 Å². The van der Waals surface area contributed by atoms with Crippen LogP contribution >= 0.6 is 0 Å². The lowest BCUT2D eigenvalue weighted by molar-refractivity contribution is -0.161. The summed E-state index contributed by atoms with van der Waals surface area (Å²) in [6.45, 7) is 4.04. The molecule has 0 aliphatic heterocycles. The highest BCUT2D eigenvalue weighted by Crippen LogP contribution is 2.11. The third-order valence-electron chi connectivity index (χ3n) is 8.03. The maximum atomic E-state index is 12.1. The average Bonchev–Trinajstić information content (AvgIpc) is 3.07. The Morgan fingerprint density at radius 1 is 0.489 bits per heavy atom. The highest BCUT2D eigenvalue weighted by molar-refractivity contribution is 5.70. The number of allylic oxidation sites excluding steroid dienone is 10. The van der Waals surface area contributed by atoms with Gasteiger partial charge in [-0.25, -0.2) is 0 Å². The molecule has 0 saturated heterocycles. The van der Waals surface area contributed by atoms with Crippen LogP contribution < -0.4 is 0 Å². The maximum absolute atomic E-state index is 12.1. The predicted molar refractivity (Wildman–Crippen MR) is 200 cm³/mol. The van der Waals surface area contributed by atoms with Crippen LogP contribution in [0.5, 0.6) is 0 Å². The zero-order valence-electron chi connectivity index (χ0n) is 30.5. The van der Waals surface area contributed by atoms with E-state index in [1.165, 1.54) is 89.9 Å². The summed E-state index contributed by atoms with van der Waals surface area (Å²) in [6.07, 6.45) is 48.6. The third-order valence-corrected chi connectivity index (χ3v) is 8.03. The summed E-state index contributed by atoms with van der Waals surface area (Å²) >= 11 is 0. The van der Waals surface area contributed by atoms with E-state index in [2.05, 4.69) is 74.6 Å². The van der Waals surface area contributed by atoms with Gasteiger partial charge in [0.15, 0.2) is 6.10 Å². The van der Waals surface area contributed by atoms with Gasteiger partial charge in [0.25, 0.3) is 0 Å². The molecule has 47 heavy (non-hydrogen) atoms. The molecule has 0 heterocycles. The summed E-state index contributed by atoms with van der Waals surface area (Å²) in [5.74, 6) is -0.671. The molecule has 1 atom stereocenters. The van der Waals surface area contributed by atoms with E-state index in [1.807, 2.05) is 0 Å². The molecular formula is C42H72O5. The molecule has 1 N–H and O–H groups in total. The van der Waals surface area contributed by atoms with Crippen molar-refractivity contribution in [3.8, 4) is 0 Å². The van der Waals surface area contributed by atoms with Gasteiger partial charge in [0, 0.05) is 12.8 Å². The Morgan fingerprint density at radius 3 is 1.40 bits per heavy atom. The van der Waals surface area contributed by atoms with Crippen LogP contribution in [0.2, 0.25) is 0 Å². The molecule has 0 spiro atoms. The van der Waals surface area contributed by atoms with Crippen molar-refractivity contribution >= 4 is 11.9 Å². The Hall–Kier alpha value is -2.40. The van der Waals surface area contributed by atoms with Crippen molar-refractivity contribution in [2.75, 3.05) is 13.2 Å². The number of ether oxygens (including phenoxy) is 2. The zero-order chi connectivity index (χ0) is 34.3. The van der Waals surface area contributed by atoms with Gasteiger partial charge in [0.2, 0.25) is 0 Å². The van der Waals surface area contributed by atoms with E-state index >= 15 is 0 Å². The second kappa shape index (κ2) is 38.1. The van der Waals surface area contributed by atoms with E-state index in [4.69, 9.17) is 9.47 Å². The predicted octanol–water partition coefficient (Wildman–Crippen LogP) is 12.0. The highest BCUT2D eigenvalue weighted by Gasteiger charge is 2.15. The summed E-state index contributed by atoms with van der Waals surface area (Å²) in [7, 11) is 0. The number of hydrogen-bond acceptors (Lipinski definition) is 5. The lowest BCUT2D eigenvalue weighted by Crippen LogP contribution is -2.28. The third kappa shape index (κ3) is 36.3. The van der Waals surface area contributed by atoms with Crippen LogP contribution in [0, 0.1) is 0 Å². The first-order valence-corrected chi connectivity index (χ1v) is 19.3. The first-order chi connectivity index (χ1) is 23.1. The number of unbranched alkanes of at least 4 members (excludes halogenated alkanes) is 16. The maximum Gasteiger partial charge on any atom is 0.306 e. The summed E-state index contributed by atoms with van der Waals surface area (Å²) in [5, 5.41) is 9.52. The van der Waals surface area contributed by atoms with E-state index in [0.717, 1.165) is 51.4 Å². The summed E-state index contributed by atoms with van der Waals surface area (Å²) < 4.78 is 10.5. The number of carbonyl (C=O) groups excluding carboxylic acids is 2. The van der Waals surface area contributed by atoms with Crippen LogP contribution in [-0.2, 0) is 19.1 Å². The summed E-state index contributed by atoms with van der Waals surface area (Å²) in [5.41, 5.74) is 0. The summed E-state index contributed by atoms with van der Waals surface area (Å²) in [6, 6.07) is 0. The van der Waals surface area contributed by atoms with Crippen LogP contribution in [0.4, 0.5) is 0 Å². The second-order valence-corrected chi connectivity index (χ2v) is 12.6. The minimum atomic E-state index is -0.804. The largest absolute Gasteiger partial charge is 0.462 e. The molecular weight excluding hydrogens is 584 g/mol. The van der Waals surface area contributed by atoms with Crippen LogP contribution in [-0.4, -0.2) is 36.4 Å². The zero-order valence-corrected chi connectivity index (χ0v) is 30.5. The Morgan fingerprint density at radius 2 is 0.872 bits per heavy atom. The van der Waals surface area contributed by atoms with Crippen LogP contribution in [0.25, 0.3) is 0 Å². The smallest absolute Gasteiger partial charge is 0.306 e. The molecule has 0 aliphatic carbocycles. The van der Waals surface area contributed by atoms with E-state index in [-0.39, 0.29) is 31.6 Å². The number of rotatable bonds is 34. The molecule has 0 unspecified atom stereocenters. The molecule has 0 amide bonds. The Balaban J connectivity index is 3.70. The fraction of sp³-hybridized carbons (Fsp3) is 0.714. The first kappa shape index (κ1) is 44.6. The van der Waals surface area contributed by atoms with Gasteiger partial charge in [-0.3, -0.25) is 9.59 Å². The number of carbonyl (C=O) groups is 2. The van der Waals surface area contributed by atoms with Crippen molar-refractivity contribution in [2.45, 2.75) is 180 Å². The fourth-order valence-electron chi connectivity index (χ4n) is 5.07. The topological polar surface area (TPSA) is 72.8 Å². The highest BCUT2D eigenvalue weighted by atomic mass is 16.6. The van der Waals surface area contributed by atoms with Gasteiger partial charge in [-0.05, 0) is 77.0 Å². The van der Waals surface area contributed by atoms with E-state index in [9.17, 15) is 14.7 Å². The lowest BCUT2D eigenvalue weighted by Gasteiger charge is -2.15. The van der Waals surface area contributed by atoms with Crippen molar-refractivity contribution in [1.82, 2.24) is 0 Å². The SMILES string of the molecule is CCCCC/C=C/CCCCCCCC(=O)OC[C@H](CO)OC(=O)CCC/C=C/C/C=C/C/C=C/C/C=C/CCCCCCCCC. The van der Waals surface area contributed by atoms with Gasteiger partial charge >= 0.3 is 11.9 Å². The second-order valence-electron chi connectivity index (χ2n) is 12.6. The normalized spacial score (nSPS) is 12.8. The van der Waals surface area contributed by atoms with Gasteiger partial charge in [-0.15, -0.1) is 0 Å². The quantitative estimate of drug-likeness (QED) is 0.0424. The Bertz CT molecular complexity index is 838. The Labute approximate surface area is 290 Å². The van der Waals surface area contributed by atoms with Gasteiger partial charge in [-0.2, -0.15) is 0 Å². The minimum Gasteiger partial charge on any atom is -0.462 e. The average molecular weight is 657 g/mol. The van der Waals surface area contributed by atoms with Crippen molar-refractivity contribution in [1.29, 1.82) is 0 Å². The molecule has 0 aromatic carbocycles. The van der Waals surface area contributed by atoms with Gasteiger partial charge in [0.05, 0.1) is 6.61 Å². The molecule has 0 rings (SSSR count). The van der Waals surface area contributed by atoms with E-state index in [1.54, 1.807) is 0 Å². The monoisotopic (exact) mass is 657 g/mol. The molecule has 0 aromatic rings. The standard InChI is InChI=1S/C42H72O5/c1-3-5-7-9-11-13-15-17-18-19-20-21-22-23-24-25-27-29-31-33-35-37-42(45)47-40(38-43)39-46-41(44)36-34-32-30-28-26-16-14-12-10-8-6-4-2/h12,14,18-19,21-22,24-25,29,31,40,43H,3-11,13,15-17,20,23,26-28,30,32-39H2,1-2H3/b14-12+,19-18+,22-21+,25-24+,31-29+/t40-/m0/s1. The molecule has 0 radical (unpaired) electrons. The van der Waals surface area contributed by atoms with Gasteiger partial charge in [-0.1, -0.05) is 145 Å². The molecule has 5 nitrogen and oxygen atoms in total. The van der Waals surface area contributed by atoms with Crippen molar-refractivity contribution < 1.29 is 24.2 Å². The van der Waals surface area contributed by atoms with Crippen LogP contribution in [0.1, 0.15) is 174 Å². The van der Waals surface area contributed by atoms with Crippen molar-refractivity contribution in [3.05, 3.63) is 60.8 Å². The summed E-state index contributed by atoms with van der Waals surface area (Å²) in [4.78, 5) is 24.2. The molecule has 270 valence electrons. The van der Waals surface area contributed by atoms with E-state index < -0.39 is 6.10 Å². The van der Waals surface area contributed by atoms with Gasteiger partial charge < -0.3 is 14.6 Å². The number of aliphatic hydroxyl groups is 1. The van der Waals surface area contributed by atoms with Crippen molar-refractivity contribution in [2.24, 2.45) is 0 Å². The molecule has 5 heteroatoms. The molecule has 0 aromatic heterocycles. The lowest BCUT2D eigenvalue weighted by atomic mass is 10.1. The number of hydrogen-bond donors (Lipinski definition) is 1.